The highest BCUT2D eigenvalue weighted by molar-refractivity contribution is 5.28. The second kappa shape index (κ2) is 8.50. The van der Waals surface area contributed by atoms with Crippen LogP contribution in [0.3, 0.4) is 0 Å². The Hall–Kier alpha value is -1.12. The fourth-order valence-corrected chi connectivity index (χ4v) is 3.12. The molecule has 2 nitrogen and oxygen atoms in total. The van der Waals surface area contributed by atoms with Crippen molar-refractivity contribution in [3.05, 3.63) is 46.6 Å². The van der Waals surface area contributed by atoms with Crippen molar-refractivity contribution in [2.45, 2.75) is 66.4 Å². The lowest BCUT2D eigenvalue weighted by Crippen LogP contribution is -2.20. The predicted octanol–water partition coefficient (Wildman–Crippen LogP) is 4.71. The maximum Gasteiger partial charge on any atom is 0.0933 e. The van der Waals surface area contributed by atoms with Crippen LogP contribution < -0.4 is 0 Å². The molecule has 124 valence electrons. The second-order valence-corrected chi connectivity index (χ2v) is 7.08. The molecule has 0 spiro atoms. The summed E-state index contributed by atoms with van der Waals surface area (Å²) in [4.78, 5) is 0. The minimum absolute atomic E-state index is 0.0337. The molecule has 0 saturated carbocycles. The Morgan fingerprint density at radius 2 is 1.95 bits per heavy atom. The van der Waals surface area contributed by atoms with Gasteiger partial charge in [-0.25, -0.2) is 0 Å². The Morgan fingerprint density at radius 3 is 2.55 bits per heavy atom. The quantitative estimate of drug-likeness (QED) is 0.551. The molecule has 0 aromatic heterocycles. The van der Waals surface area contributed by atoms with Crippen LogP contribution in [0.25, 0.3) is 0 Å². The Bertz CT molecular complexity index is 490. The molecule has 0 aromatic rings. The summed E-state index contributed by atoms with van der Waals surface area (Å²) in [5.41, 5.74) is 5.37. The van der Waals surface area contributed by atoms with Crippen LogP contribution in [-0.4, -0.2) is 22.9 Å². The van der Waals surface area contributed by atoms with Gasteiger partial charge in [-0.15, -0.1) is 0 Å². The van der Waals surface area contributed by atoms with Crippen molar-refractivity contribution in [2.24, 2.45) is 5.41 Å². The van der Waals surface area contributed by atoms with Crippen LogP contribution in [0.15, 0.2) is 46.6 Å². The third-order valence-corrected chi connectivity index (χ3v) is 4.74. The van der Waals surface area contributed by atoms with Crippen molar-refractivity contribution < 1.29 is 10.2 Å². The molecule has 0 amide bonds. The molecular formula is C20H32O2. The van der Waals surface area contributed by atoms with Crippen LogP contribution in [0.4, 0.5) is 0 Å². The lowest BCUT2D eigenvalue weighted by molar-refractivity contribution is 0.256. The van der Waals surface area contributed by atoms with E-state index in [4.69, 9.17) is 5.11 Å². The van der Waals surface area contributed by atoms with E-state index in [-0.39, 0.29) is 6.61 Å². The summed E-state index contributed by atoms with van der Waals surface area (Å²) in [5, 5.41) is 18.8. The monoisotopic (exact) mass is 304 g/mol. The zero-order valence-corrected chi connectivity index (χ0v) is 14.8. The summed E-state index contributed by atoms with van der Waals surface area (Å²) in [6.07, 6.45) is 11.8. The molecule has 1 aliphatic carbocycles. The first-order chi connectivity index (χ1) is 10.3. The molecule has 0 saturated heterocycles. The summed E-state index contributed by atoms with van der Waals surface area (Å²) < 4.78 is 0. The van der Waals surface area contributed by atoms with Crippen molar-refractivity contribution in [3.8, 4) is 0 Å². The molecule has 1 atom stereocenters. The van der Waals surface area contributed by atoms with Gasteiger partial charge in [-0.1, -0.05) is 54.9 Å². The van der Waals surface area contributed by atoms with Crippen LogP contribution >= 0.6 is 0 Å². The number of rotatable bonds is 6. The van der Waals surface area contributed by atoms with Gasteiger partial charge in [0, 0.05) is 0 Å². The maximum absolute atomic E-state index is 9.94. The van der Waals surface area contributed by atoms with Crippen molar-refractivity contribution in [1.82, 2.24) is 0 Å². The van der Waals surface area contributed by atoms with E-state index in [2.05, 4.69) is 33.8 Å². The lowest BCUT2D eigenvalue weighted by Gasteiger charge is -2.34. The molecule has 22 heavy (non-hydrogen) atoms. The van der Waals surface area contributed by atoms with E-state index in [1.54, 1.807) is 23.3 Å². The third kappa shape index (κ3) is 5.58. The van der Waals surface area contributed by atoms with Gasteiger partial charge in [-0.05, 0) is 57.4 Å². The first-order valence-electron chi connectivity index (χ1n) is 8.27. The summed E-state index contributed by atoms with van der Waals surface area (Å²) in [6, 6.07) is 0. The van der Waals surface area contributed by atoms with Crippen LogP contribution in [0.5, 0.6) is 0 Å². The van der Waals surface area contributed by atoms with Gasteiger partial charge in [0.05, 0.1) is 12.7 Å². The van der Waals surface area contributed by atoms with E-state index in [0.717, 1.165) is 17.6 Å². The molecule has 0 radical (unpaired) electrons. The highest BCUT2D eigenvalue weighted by Gasteiger charge is 2.27. The summed E-state index contributed by atoms with van der Waals surface area (Å²) in [5.74, 6) is 0. The molecule has 1 unspecified atom stereocenters. The van der Waals surface area contributed by atoms with Gasteiger partial charge in [0.15, 0.2) is 0 Å². The SMILES string of the molecule is CC1=C(C/C=C(C)/C=C/C(O)/C(C)=C/CO)C(C)(C)CCC1. The molecule has 0 fully saturated rings. The number of aliphatic hydroxyl groups excluding tert-OH is 2. The minimum Gasteiger partial charge on any atom is -0.392 e. The Morgan fingerprint density at radius 1 is 1.27 bits per heavy atom. The average molecular weight is 304 g/mol. The van der Waals surface area contributed by atoms with Gasteiger partial charge in [0.1, 0.15) is 0 Å². The predicted molar refractivity (Wildman–Crippen MR) is 94.7 cm³/mol. The molecule has 2 heteroatoms. The highest BCUT2D eigenvalue weighted by Crippen LogP contribution is 2.41. The summed E-state index contributed by atoms with van der Waals surface area (Å²) in [7, 11) is 0. The van der Waals surface area contributed by atoms with Crippen LogP contribution in [0.2, 0.25) is 0 Å². The Kier molecular flexibility index (Phi) is 7.31. The van der Waals surface area contributed by atoms with Gasteiger partial charge in [-0.3, -0.25) is 0 Å². The third-order valence-electron chi connectivity index (χ3n) is 4.74. The van der Waals surface area contributed by atoms with Crippen molar-refractivity contribution in [1.29, 1.82) is 0 Å². The molecule has 1 aliphatic rings. The molecule has 0 bridgehead atoms. The van der Waals surface area contributed by atoms with E-state index in [1.165, 1.54) is 19.3 Å². The number of aliphatic hydroxyl groups is 2. The molecule has 1 rings (SSSR count). The second-order valence-electron chi connectivity index (χ2n) is 7.08. The van der Waals surface area contributed by atoms with Gasteiger partial charge in [0.25, 0.3) is 0 Å². The standard InChI is InChI=1S/C20H32O2/c1-15(9-11-19(22)17(3)12-14-21)8-10-18-16(2)7-6-13-20(18,4)5/h8-9,11-12,19,21-22H,6-7,10,13-14H2,1-5H3/b11-9+,15-8+,17-12+. The number of allylic oxidation sites excluding steroid dienone is 5. The van der Waals surface area contributed by atoms with Crippen LogP contribution in [-0.2, 0) is 0 Å². The normalized spacial score (nSPS) is 21.6. The van der Waals surface area contributed by atoms with Crippen LogP contribution in [0.1, 0.15) is 60.3 Å². The smallest absolute Gasteiger partial charge is 0.0933 e. The van der Waals surface area contributed by atoms with Gasteiger partial charge in [0.2, 0.25) is 0 Å². The Labute approximate surface area is 135 Å². The molecule has 0 heterocycles. The first kappa shape index (κ1) is 18.9. The first-order valence-corrected chi connectivity index (χ1v) is 8.27. The minimum atomic E-state index is -0.623. The van der Waals surface area contributed by atoms with Crippen molar-refractivity contribution in [3.63, 3.8) is 0 Å². The topological polar surface area (TPSA) is 40.5 Å². The maximum atomic E-state index is 9.94. The highest BCUT2D eigenvalue weighted by atomic mass is 16.3. The summed E-state index contributed by atoms with van der Waals surface area (Å²) >= 11 is 0. The zero-order valence-electron chi connectivity index (χ0n) is 14.8. The molecular weight excluding hydrogens is 272 g/mol. The van der Waals surface area contributed by atoms with Crippen LogP contribution in [0, 0.1) is 5.41 Å². The fraction of sp³-hybridized carbons (Fsp3) is 0.600. The number of hydrogen-bond donors (Lipinski definition) is 2. The van der Waals surface area contributed by atoms with Gasteiger partial charge in [-0.2, -0.15) is 0 Å². The Balaban J connectivity index is 2.72. The molecule has 2 N–H and O–H groups in total. The lowest BCUT2D eigenvalue weighted by atomic mass is 9.71. The van der Waals surface area contributed by atoms with Gasteiger partial charge >= 0.3 is 0 Å². The van der Waals surface area contributed by atoms with E-state index < -0.39 is 6.10 Å². The van der Waals surface area contributed by atoms with Gasteiger partial charge < -0.3 is 10.2 Å². The van der Waals surface area contributed by atoms with E-state index in [0.29, 0.717) is 5.41 Å². The zero-order chi connectivity index (χ0) is 16.8. The summed E-state index contributed by atoms with van der Waals surface area (Å²) in [6.45, 7) is 10.8. The molecule has 0 aliphatic heterocycles. The van der Waals surface area contributed by atoms with E-state index in [9.17, 15) is 5.11 Å². The van der Waals surface area contributed by atoms with E-state index in [1.807, 2.05) is 13.0 Å². The van der Waals surface area contributed by atoms with Crippen molar-refractivity contribution in [2.75, 3.05) is 6.61 Å². The average Bonchev–Trinajstić information content (AvgIpc) is 2.43. The largest absolute Gasteiger partial charge is 0.392 e. The number of hydrogen-bond acceptors (Lipinski definition) is 2. The van der Waals surface area contributed by atoms with Crippen molar-refractivity contribution >= 4 is 0 Å². The fourth-order valence-electron chi connectivity index (χ4n) is 3.12. The van der Waals surface area contributed by atoms with E-state index >= 15 is 0 Å². The molecule has 0 aromatic carbocycles.